The second-order valence-corrected chi connectivity index (χ2v) is 4.46. The molecule has 15 heavy (non-hydrogen) atoms. The van der Waals surface area contributed by atoms with Crippen LogP contribution in [-0.4, -0.2) is 15.2 Å². The van der Waals surface area contributed by atoms with E-state index in [2.05, 4.69) is 4.98 Å². The highest BCUT2D eigenvalue weighted by Crippen LogP contribution is 2.23. The molecule has 2 aromatic rings. The first-order valence-corrected chi connectivity index (χ1v) is 5.65. The van der Waals surface area contributed by atoms with Crippen molar-refractivity contribution >= 4 is 39.8 Å². The largest absolute Gasteiger partial charge is 0.295 e. The van der Waals surface area contributed by atoms with Crippen LogP contribution in [0.25, 0.3) is 11.0 Å². The number of thiazole rings is 1. The molecule has 2 heterocycles. The number of Topliss-reactive ketones (excluding diaryl/α,β-unsaturated/α-hetero) is 1. The van der Waals surface area contributed by atoms with Crippen molar-refractivity contribution in [2.24, 2.45) is 0 Å². The predicted molar refractivity (Wildman–Crippen MR) is 62.4 cm³/mol. The number of ketones is 1. The Bertz CT molecular complexity index is 553. The average Bonchev–Trinajstić information content (AvgIpc) is 2.69. The number of hydrogen-bond acceptors (Lipinski definition) is 3. The zero-order chi connectivity index (χ0) is 11.0. The molecule has 0 spiro atoms. The summed E-state index contributed by atoms with van der Waals surface area (Å²) in [5.74, 6) is 0.0382. The van der Waals surface area contributed by atoms with Crippen molar-refractivity contribution in [2.45, 2.75) is 13.8 Å². The molecule has 0 aliphatic carbocycles. The topological polar surface area (TPSA) is 34.4 Å². The summed E-state index contributed by atoms with van der Waals surface area (Å²) in [6.07, 6.45) is 3.65. The minimum absolute atomic E-state index is 0.0382. The Hall–Kier alpha value is -1.13. The molecular formula is C10H9ClN2OS. The summed E-state index contributed by atoms with van der Waals surface area (Å²) in [7, 11) is 0. The van der Waals surface area contributed by atoms with Crippen LogP contribution in [0.4, 0.5) is 0 Å². The maximum absolute atomic E-state index is 11.1. The molecule has 0 radical (unpaired) electrons. The van der Waals surface area contributed by atoms with Crippen molar-refractivity contribution in [1.29, 1.82) is 0 Å². The Labute approximate surface area is 96.0 Å². The van der Waals surface area contributed by atoms with E-state index in [1.165, 1.54) is 18.3 Å². The highest BCUT2D eigenvalue weighted by atomic mass is 35.5. The second-order valence-electron chi connectivity index (χ2n) is 3.23. The van der Waals surface area contributed by atoms with Crippen LogP contribution in [0.5, 0.6) is 0 Å². The smallest absolute Gasteiger partial charge is 0.195 e. The van der Waals surface area contributed by atoms with Gasteiger partial charge in [-0.25, -0.2) is 4.98 Å². The molecule has 0 atom stereocenters. The summed E-state index contributed by atoms with van der Waals surface area (Å²) in [6.45, 7) is 3.30. The van der Waals surface area contributed by atoms with Crippen molar-refractivity contribution < 1.29 is 4.79 Å². The molecule has 0 saturated heterocycles. The maximum atomic E-state index is 11.1. The third-order valence-corrected chi connectivity index (χ3v) is 3.20. The lowest BCUT2D eigenvalue weighted by Gasteiger charge is -1.95. The van der Waals surface area contributed by atoms with Gasteiger partial charge in [0.15, 0.2) is 15.9 Å². The molecule has 0 fully saturated rings. The third kappa shape index (κ3) is 1.82. The summed E-state index contributed by atoms with van der Waals surface area (Å²) in [5.41, 5.74) is 1.44. The molecule has 5 heteroatoms. The van der Waals surface area contributed by atoms with E-state index >= 15 is 0 Å². The van der Waals surface area contributed by atoms with E-state index in [1.54, 1.807) is 13.0 Å². The van der Waals surface area contributed by atoms with E-state index in [0.717, 1.165) is 10.7 Å². The zero-order valence-electron chi connectivity index (χ0n) is 8.32. The second kappa shape index (κ2) is 3.79. The van der Waals surface area contributed by atoms with Crippen LogP contribution in [0.15, 0.2) is 17.2 Å². The number of imidazole rings is 1. The molecule has 0 saturated carbocycles. The van der Waals surface area contributed by atoms with Gasteiger partial charge < -0.3 is 0 Å². The zero-order valence-corrected chi connectivity index (χ0v) is 9.89. The fourth-order valence-electron chi connectivity index (χ4n) is 1.21. The number of nitrogens with zero attached hydrogens (tertiary/aromatic N) is 2. The number of fused-ring (bicyclic) bond motifs is 1. The van der Waals surface area contributed by atoms with Gasteiger partial charge in [-0.3, -0.25) is 9.20 Å². The lowest BCUT2D eigenvalue weighted by atomic mass is 10.2. The van der Waals surface area contributed by atoms with Crippen LogP contribution in [0.2, 0.25) is 5.15 Å². The predicted octanol–water partition coefficient (Wildman–Crippen LogP) is 3.04. The van der Waals surface area contributed by atoms with E-state index < -0.39 is 0 Å². The van der Waals surface area contributed by atoms with Crippen molar-refractivity contribution in [2.75, 3.05) is 0 Å². The Morgan fingerprint density at radius 2 is 2.33 bits per heavy atom. The van der Waals surface area contributed by atoms with Crippen molar-refractivity contribution in [3.63, 3.8) is 0 Å². The summed E-state index contributed by atoms with van der Waals surface area (Å²) in [5, 5.41) is 2.36. The van der Waals surface area contributed by atoms with Gasteiger partial charge in [0, 0.05) is 11.6 Å². The average molecular weight is 241 g/mol. The molecule has 3 nitrogen and oxygen atoms in total. The van der Waals surface area contributed by atoms with Crippen molar-refractivity contribution in [3.8, 4) is 0 Å². The lowest BCUT2D eigenvalue weighted by Crippen LogP contribution is -1.92. The van der Waals surface area contributed by atoms with Gasteiger partial charge in [0.25, 0.3) is 0 Å². The number of hydrogen-bond donors (Lipinski definition) is 0. The number of carbonyl (C=O) groups excluding carboxylic acids is 1. The van der Waals surface area contributed by atoms with Gasteiger partial charge >= 0.3 is 0 Å². The molecular weight excluding hydrogens is 232 g/mol. The molecule has 0 N–H and O–H groups in total. The molecule has 2 aromatic heterocycles. The first-order chi connectivity index (χ1) is 7.09. The molecule has 0 unspecified atom stereocenters. The Morgan fingerprint density at radius 3 is 3.00 bits per heavy atom. The summed E-state index contributed by atoms with van der Waals surface area (Å²) >= 11 is 7.49. The fraction of sp³-hybridized carbons (Fsp3) is 0.200. The number of rotatable bonds is 2. The van der Waals surface area contributed by atoms with E-state index in [0.29, 0.717) is 10.7 Å². The van der Waals surface area contributed by atoms with Gasteiger partial charge in [-0.15, -0.1) is 11.3 Å². The molecule has 0 aliphatic heterocycles. The van der Waals surface area contributed by atoms with Gasteiger partial charge in [-0.2, -0.15) is 0 Å². The normalized spacial score (nSPS) is 12.3. The van der Waals surface area contributed by atoms with Gasteiger partial charge in [-0.05, 0) is 25.5 Å². The number of allylic oxidation sites excluding steroid dienone is 1. The molecule has 0 aliphatic rings. The number of halogens is 1. The summed E-state index contributed by atoms with van der Waals surface area (Å²) in [4.78, 5) is 16.1. The standard InChI is InChI=1S/C10H9ClN2OS/c1-6(7(2)14)5-8-9(11)12-10-13(8)3-4-15-10/h3-5H,1-2H3/b6-5+. The fourth-order valence-corrected chi connectivity index (χ4v) is 2.21. The highest BCUT2D eigenvalue weighted by molar-refractivity contribution is 7.15. The molecule has 0 amide bonds. The lowest BCUT2D eigenvalue weighted by molar-refractivity contribution is -0.113. The monoisotopic (exact) mass is 240 g/mol. The maximum Gasteiger partial charge on any atom is 0.195 e. The third-order valence-electron chi connectivity index (χ3n) is 2.16. The van der Waals surface area contributed by atoms with Crippen LogP contribution in [0, 0.1) is 0 Å². The first kappa shape index (κ1) is 10.4. The first-order valence-electron chi connectivity index (χ1n) is 4.40. The Balaban J connectivity index is 2.60. The van der Waals surface area contributed by atoms with Gasteiger partial charge in [0.1, 0.15) is 0 Å². The quantitative estimate of drug-likeness (QED) is 0.757. The van der Waals surface area contributed by atoms with Crippen LogP contribution in [0.1, 0.15) is 19.5 Å². The Morgan fingerprint density at radius 1 is 1.60 bits per heavy atom. The van der Waals surface area contributed by atoms with Crippen molar-refractivity contribution in [3.05, 3.63) is 28.0 Å². The summed E-state index contributed by atoms with van der Waals surface area (Å²) in [6, 6.07) is 0. The van der Waals surface area contributed by atoms with E-state index in [4.69, 9.17) is 11.6 Å². The van der Waals surface area contributed by atoms with E-state index in [9.17, 15) is 4.79 Å². The van der Waals surface area contributed by atoms with Crippen LogP contribution in [0.3, 0.4) is 0 Å². The highest BCUT2D eigenvalue weighted by Gasteiger charge is 2.09. The molecule has 0 aromatic carbocycles. The SMILES string of the molecule is CC(=O)/C(C)=C/c1c(Cl)nc2sccn12. The molecule has 2 rings (SSSR count). The number of carbonyl (C=O) groups is 1. The van der Waals surface area contributed by atoms with Crippen molar-refractivity contribution in [1.82, 2.24) is 9.38 Å². The van der Waals surface area contributed by atoms with Gasteiger partial charge in [0.2, 0.25) is 0 Å². The Kier molecular flexibility index (Phi) is 2.63. The van der Waals surface area contributed by atoms with Crippen LogP contribution >= 0.6 is 22.9 Å². The van der Waals surface area contributed by atoms with Gasteiger partial charge in [0.05, 0.1) is 5.69 Å². The van der Waals surface area contributed by atoms with Crippen LogP contribution in [-0.2, 0) is 4.79 Å². The minimum Gasteiger partial charge on any atom is -0.295 e. The minimum atomic E-state index is 0.0382. The summed E-state index contributed by atoms with van der Waals surface area (Å²) < 4.78 is 1.87. The van der Waals surface area contributed by atoms with E-state index in [-0.39, 0.29) is 5.78 Å². The van der Waals surface area contributed by atoms with E-state index in [1.807, 2.05) is 16.0 Å². The molecule has 0 bridgehead atoms. The molecule has 78 valence electrons. The number of aromatic nitrogens is 2. The van der Waals surface area contributed by atoms with Gasteiger partial charge in [-0.1, -0.05) is 11.6 Å². The van der Waals surface area contributed by atoms with Crippen LogP contribution < -0.4 is 0 Å².